The molecule has 0 amide bonds. The number of hydrogen-bond acceptors (Lipinski definition) is 2. The molecule has 1 fully saturated rings. The molecule has 1 spiro atoms. The van der Waals surface area contributed by atoms with Gasteiger partial charge in [-0.1, -0.05) is 56.3 Å². The largest absolute Gasteiger partial charge is 0.381 e. The molecule has 0 saturated carbocycles. The van der Waals surface area contributed by atoms with Crippen LogP contribution in [0.25, 0.3) is 0 Å². The summed E-state index contributed by atoms with van der Waals surface area (Å²) in [6.45, 7) is 6.89. The van der Waals surface area contributed by atoms with Gasteiger partial charge in [0.1, 0.15) is 5.84 Å². The number of hydrogen-bond donors (Lipinski definition) is 1. The van der Waals surface area contributed by atoms with Crippen molar-refractivity contribution in [3.63, 3.8) is 0 Å². The normalized spacial score (nSPS) is 20.2. The maximum atomic E-state index is 5.66. The number of anilines is 1. The zero-order valence-electron chi connectivity index (χ0n) is 15.8. The number of benzene rings is 2. The summed E-state index contributed by atoms with van der Waals surface area (Å²) in [7, 11) is 0. The monoisotopic (exact) mass is 348 g/mol. The van der Waals surface area contributed by atoms with Gasteiger partial charge >= 0.3 is 0 Å². The van der Waals surface area contributed by atoms with Crippen molar-refractivity contribution in [2.75, 3.05) is 18.5 Å². The molecule has 26 heavy (non-hydrogen) atoms. The first-order valence-corrected chi connectivity index (χ1v) is 9.73. The fourth-order valence-electron chi connectivity index (χ4n) is 4.29. The van der Waals surface area contributed by atoms with E-state index in [9.17, 15) is 0 Å². The van der Waals surface area contributed by atoms with Gasteiger partial charge in [0.2, 0.25) is 0 Å². The van der Waals surface area contributed by atoms with E-state index in [0.29, 0.717) is 5.92 Å². The highest BCUT2D eigenvalue weighted by molar-refractivity contribution is 6.02. The predicted molar refractivity (Wildman–Crippen MR) is 108 cm³/mol. The summed E-state index contributed by atoms with van der Waals surface area (Å²) in [5.41, 5.74) is 5.43. The van der Waals surface area contributed by atoms with Crippen molar-refractivity contribution in [3.05, 3.63) is 65.2 Å². The van der Waals surface area contributed by atoms with Crippen LogP contribution in [0.2, 0.25) is 0 Å². The summed E-state index contributed by atoms with van der Waals surface area (Å²) in [6, 6.07) is 17.3. The molecule has 3 nitrogen and oxygen atoms in total. The Kier molecular flexibility index (Phi) is 4.82. The van der Waals surface area contributed by atoms with E-state index in [1.807, 2.05) is 0 Å². The van der Waals surface area contributed by atoms with Gasteiger partial charge in [-0.3, -0.25) is 4.99 Å². The fourth-order valence-corrected chi connectivity index (χ4v) is 4.29. The molecule has 136 valence electrons. The van der Waals surface area contributed by atoms with Gasteiger partial charge in [-0.15, -0.1) is 0 Å². The quantitative estimate of drug-likeness (QED) is 0.830. The SMILES string of the molecule is CC(C)c1ccccc1CN=C1Nc2ccccc2CC12CCOCC2. The second-order valence-corrected chi connectivity index (χ2v) is 7.87. The minimum atomic E-state index is 0.0966. The summed E-state index contributed by atoms with van der Waals surface area (Å²) < 4.78 is 5.66. The van der Waals surface area contributed by atoms with E-state index < -0.39 is 0 Å². The molecular weight excluding hydrogens is 320 g/mol. The smallest absolute Gasteiger partial charge is 0.108 e. The highest BCUT2D eigenvalue weighted by Gasteiger charge is 2.41. The summed E-state index contributed by atoms with van der Waals surface area (Å²) in [6.07, 6.45) is 3.14. The fraction of sp³-hybridized carbons (Fsp3) is 0.435. The van der Waals surface area contributed by atoms with Gasteiger partial charge in [0.15, 0.2) is 0 Å². The third-order valence-corrected chi connectivity index (χ3v) is 5.84. The van der Waals surface area contributed by atoms with Crippen LogP contribution in [-0.4, -0.2) is 19.0 Å². The van der Waals surface area contributed by atoms with Gasteiger partial charge in [0.25, 0.3) is 0 Å². The van der Waals surface area contributed by atoms with E-state index in [0.717, 1.165) is 44.9 Å². The second kappa shape index (κ2) is 7.24. The molecule has 0 bridgehead atoms. The number of para-hydroxylation sites is 1. The van der Waals surface area contributed by atoms with E-state index in [2.05, 4.69) is 67.7 Å². The molecule has 2 aromatic carbocycles. The molecule has 0 atom stereocenters. The highest BCUT2D eigenvalue weighted by atomic mass is 16.5. The zero-order chi connectivity index (χ0) is 18.0. The molecule has 2 aliphatic rings. The minimum absolute atomic E-state index is 0.0966. The van der Waals surface area contributed by atoms with Crippen LogP contribution < -0.4 is 5.32 Å². The van der Waals surface area contributed by atoms with Crippen LogP contribution >= 0.6 is 0 Å². The van der Waals surface area contributed by atoms with Crippen molar-refractivity contribution in [1.29, 1.82) is 0 Å². The first-order valence-electron chi connectivity index (χ1n) is 9.73. The Hall–Kier alpha value is -2.13. The number of ether oxygens (including phenoxy) is 1. The van der Waals surface area contributed by atoms with Gasteiger partial charge in [-0.25, -0.2) is 0 Å². The minimum Gasteiger partial charge on any atom is -0.381 e. The van der Waals surface area contributed by atoms with E-state index >= 15 is 0 Å². The maximum Gasteiger partial charge on any atom is 0.108 e. The van der Waals surface area contributed by atoms with Crippen molar-refractivity contribution < 1.29 is 4.74 Å². The number of nitrogens with one attached hydrogen (secondary N) is 1. The van der Waals surface area contributed by atoms with E-state index in [-0.39, 0.29) is 5.41 Å². The molecule has 4 rings (SSSR count). The molecule has 3 heteroatoms. The van der Waals surface area contributed by atoms with Crippen molar-refractivity contribution in [3.8, 4) is 0 Å². The average molecular weight is 348 g/mol. The second-order valence-electron chi connectivity index (χ2n) is 7.87. The van der Waals surface area contributed by atoms with Crippen LogP contribution in [0, 0.1) is 5.41 Å². The van der Waals surface area contributed by atoms with Crippen LogP contribution in [0.1, 0.15) is 49.3 Å². The van der Waals surface area contributed by atoms with Crippen molar-refractivity contribution in [2.45, 2.75) is 45.6 Å². The molecular formula is C23H28N2O. The Morgan fingerprint density at radius 1 is 1.04 bits per heavy atom. The number of amidine groups is 1. The number of nitrogens with zero attached hydrogens (tertiary/aromatic N) is 1. The lowest BCUT2D eigenvalue weighted by Crippen LogP contribution is -2.45. The molecule has 0 unspecified atom stereocenters. The molecule has 2 aliphatic heterocycles. The van der Waals surface area contributed by atoms with E-state index in [1.165, 1.54) is 22.4 Å². The average Bonchev–Trinajstić information content (AvgIpc) is 2.67. The van der Waals surface area contributed by atoms with Crippen LogP contribution in [0.5, 0.6) is 0 Å². The van der Waals surface area contributed by atoms with Crippen LogP contribution in [0.4, 0.5) is 5.69 Å². The van der Waals surface area contributed by atoms with Gasteiger partial charge in [-0.2, -0.15) is 0 Å². The van der Waals surface area contributed by atoms with Gasteiger partial charge < -0.3 is 10.1 Å². The molecule has 1 N–H and O–H groups in total. The Morgan fingerprint density at radius 2 is 1.77 bits per heavy atom. The van der Waals surface area contributed by atoms with Gasteiger partial charge in [-0.05, 0) is 47.9 Å². The Labute approximate surface area is 156 Å². The topological polar surface area (TPSA) is 33.6 Å². The van der Waals surface area contributed by atoms with Gasteiger partial charge in [0.05, 0.1) is 6.54 Å². The lowest BCUT2D eigenvalue weighted by atomic mass is 9.71. The summed E-state index contributed by atoms with van der Waals surface area (Å²) in [5.74, 6) is 1.67. The zero-order valence-corrected chi connectivity index (χ0v) is 15.8. The van der Waals surface area contributed by atoms with E-state index in [1.54, 1.807) is 0 Å². The third-order valence-electron chi connectivity index (χ3n) is 5.84. The Morgan fingerprint density at radius 3 is 2.58 bits per heavy atom. The predicted octanol–water partition coefficient (Wildman–Crippen LogP) is 5.17. The summed E-state index contributed by atoms with van der Waals surface area (Å²) >= 11 is 0. The van der Waals surface area contributed by atoms with Crippen molar-refractivity contribution >= 4 is 11.5 Å². The van der Waals surface area contributed by atoms with Crippen LogP contribution in [-0.2, 0) is 17.7 Å². The third kappa shape index (κ3) is 3.28. The van der Waals surface area contributed by atoms with Gasteiger partial charge in [0, 0.05) is 24.3 Å². The molecule has 1 saturated heterocycles. The van der Waals surface area contributed by atoms with E-state index in [4.69, 9.17) is 9.73 Å². The Bertz CT molecular complexity index is 803. The summed E-state index contributed by atoms with van der Waals surface area (Å²) in [5, 5.41) is 3.67. The number of rotatable bonds is 3. The Balaban J connectivity index is 1.68. The lowest BCUT2D eigenvalue weighted by Gasteiger charge is -2.42. The summed E-state index contributed by atoms with van der Waals surface area (Å²) in [4.78, 5) is 5.12. The van der Waals surface area contributed by atoms with Crippen molar-refractivity contribution in [1.82, 2.24) is 0 Å². The highest BCUT2D eigenvalue weighted by Crippen LogP contribution is 2.41. The lowest BCUT2D eigenvalue weighted by molar-refractivity contribution is 0.0448. The maximum absolute atomic E-state index is 5.66. The number of aliphatic imine (C=N–C) groups is 1. The van der Waals surface area contributed by atoms with Crippen LogP contribution in [0.3, 0.4) is 0 Å². The molecule has 0 aromatic heterocycles. The van der Waals surface area contributed by atoms with Crippen LogP contribution in [0.15, 0.2) is 53.5 Å². The van der Waals surface area contributed by atoms with Crippen molar-refractivity contribution in [2.24, 2.45) is 10.4 Å². The molecule has 2 aromatic rings. The molecule has 2 heterocycles. The standard InChI is InChI=1S/C23H28N2O/c1-17(2)20-9-5-3-8-19(20)16-24-22-23(11-13-26-14-12-23)15-18-7-4-6-10-21(18)25-22/h3-10,17H,11-16H2,1-2H3,(H,24,25). The number of fused-ring (bicyclic) bond motifs is 1. The molecule has 0 aliphatic carbocycles. The molecule has 0 radical (unpaired) electrons. The first-order chi connectivity index (χ1) is 12.7. The first kappa shape index (κ1) is 17.3.